The molecular weight excluding hydrogens is 258 g/mol. The molecule has 3 heteroatoms. The SMILES string of the molecule is CCCCN(Cc1cccc(CNC(C)C)n1)C(C)CC. The molecule has 1 rings (SSSR count). The molecule has 21 heavy (non-hydrogen) atoms. The third-order valence-electron chi connectivity index (χ3n) is 3.93. The van der Waals surface area contributed by atoms with Crippen molar-refractivity contribution in [2.45, 2.75) is 79.1 Å². The van der Waals surface area contributed by atoms with E-state index in [-0.39, 0.29) is 0 Å². The van der Waals surface area contributed by atoms with Crippen molar-refractivity contribution < 1.29 is 0 Å². The Bertz CT molecular complexity index is 390. The van der Waals surface area contributed by atoms with Gasteiger partial charge in [0.25, 0.3) is 0 Å². The molecule has 1 unspecified atom stereocenters. The molecule has 1 aromatic rings. The van der Waals surface area contributed by atoms with E-state index in [0.29, 0.717) is 12.1 Å². The van der Waals surface area contributed by atoms with E-state index in [2.05, 4.69) is 63.0 Å². The highest BCUT2D eigenvalue weighted by Crippen LogP contribution is 2.11. The van der Waals surface area contributed by atoms with Crippen molar-refractivity contribution in [3.63, 3.8) is 0 Å². The van der Waals surface area contributed by atoms with Crippen LogP contribution in [0.25, 0.3) is 0 Å². The van der Waals surface area contributed by atoms with Crippen LogP contribution in [0.4, 0.5) is 0 Å². The van der Waals surface area contributed by atoms with Crippen molar-refractivity contribution >= 4 is 0 Å². The Kier molecular flexibility index (Phi) is 8.55. The van der Waals surface area contributed by atoms with Gasteiger partial charge in [0.05, 0.1) is 11.4 Å². The van der Waals surface area contributed by atoms with Crippen LogP contribution in [0.2, 0.25) is 0 Å². The number of nitrogens with one attached hydrogen (secondary N) is 1. The van der Waals surface area contributed by atoms with Crippen molar-refractivity contribution in [3.05, 3.63) is 29.6 Å². The number of aromatic nitrogens is 1. The van der Waals surface area contributed by atoms with Gasteiger partial charge < -0.3 is 5.32 Å². The molecule has 0 saturated carbocycles. The molecule has 1 heterocycles. The van der Waals surface area contributed by atoms with Crippen molar-refractivity contribution in [2.75, 3.05) is 6.54 Å². The third-order valence-corrected chi connectivity index (χ3v) is 3.93. The highest BCUT2D eigenvalue weighted by molar-refractivity contribution is 5.11. The second-order valence-electron chi connectivity index (χ2n) is 6.24. The topological polar surface area (TPSA) is 28.2 Å². The van der Waals surface area contributed by atoms with Crippen molar-refractivity contribution in [1.82, 2.24) is 15.2 Å². The van der Waals surface area contributed by atoms with Crippen molar-refractivity contribution in [3.8, 4) is 0 Å². The van der Waals surface area contributed by atoms with E-state index in [9.17, 15) is 0 Å². The van der Waals surface area contributed by atoms with Crippen LogP contribution in [0, 0.1) is 0 Å². The normalized spacial score (nSPS) is 13.1. The lowest BCUT2D eigenvalue weighted by Crippen LogP contribution is -2.33. The van der Waals surface area contributed by atoms with Gasteiger partial charge in [-0.3, -0.25) is 9.88 Å². The van der Waals surface area contributed by atoms with Gasteiger partial charge in [0, 0.05) is 25.2 Å². The molecule has 0 aliphatic heterocycles. The first kappa shape index (κ1) is 18.1. The average Bonchev–Trinajstić information content (AvgIpc) is 2.49. The second-order valence-corrected chi connectivity index (χ2v) is 6.24. The summed E-state index contributed by atoms with van der Waals surface area (Å²) in [5.74, 6) is 0. The summed E-state index contributed by atoms with van der Waals surface area (Å²) in [6, 6.07) is 7.51. The fourth-order valence-electron chi connectivity index (χ4n) is 2.31. The lowest BCUT2D eigenvalue weighted by Gasteiger charge is -2.28. The fraction of sp³-hybridized carbons (Fsp3) is 0.722. The zero-order valence-electron chi connectivity index (χ0n) is 14.5. The van der Waals surface area contributed by atoms with Gasteiger partial charge in [0.2, 0.25) is 0 Å². The van der Waals surface area contributed by atoms with Crippen LogP contribution in [0.5, 0.6) is 0 Å². The first-order chi connectivity index (χ1) is 10.1. The molecule has 0 aromatic carbocycles. The van der Waals surface area contributed by atoms with Gasteiger partial charge in [-0.1, -0.05) is 40.2 Å². The highest BCUT2D eigenvalue weighted by atomic mass is 15.2. The Hall–Kier alpha value is -0.930. The summed E-state index contributed by atoms with van der Waals surface area (Å²) < 4.78 is 0. The predicted molar refractivity (Wildman–Crippen MR) is 91.3 cm³/mol. The third kappa shape index (κ3) is 7.05. The molecule has 0 radical (unpaired) electrons. The minimum atomic E-state index is 0.497. The van der Waals surface area contributed by atoms with Crippen LogP contribution in [0.1, 0.15) is 65.3 Å². The molecule has 0 spiro atoms. The highest BCUT2D eigenvalue weighted by Gasteiger charge is 2.13. The minimum absolute atomic E-state index is 0.497. The molecule has 0 aliphatic carbocycles. The van der Waals surface area contributed by atoms with Gasteiger partial charge in [-0.05, 0) is 38.4 Å². The first-order valence-electron chi connectivity index (χ1n) is 8.49. The average molecular weight is 291 g/mol. The predicted octanol–water partition coefficient (Wildman–Crippen LogP) is 3.98. The number of rotatable bonds is 10. The summed E-state index contributed by atoms with van der Waals surface area (Å²) >= 11 is 0. The van der Waals surface area contributed by atoms with Crippen LogP contribution in [0.3, 0.4) is 0 Å². The number of unbranched alkanes of at least 4 members (excludes halogenated alkanes) is 1. The molecule has 120 valence electrons. The first-order valence-corrected chi connectivity index (χ1v) is 8.49. The lowest BCUT2D eigenvalue weighted by atomic mass is 10.1. The summed E-state index contributed by atoms with van der Waals surface area (Å²) in [7, 11) is 0. The Morgan fingerprint density at radius 1 is 1.14 bits per heavy atom. The Labute approximate surface area is 131 Å². The largest absolute Gasteiger partial charge is 0.309 e. The van der Waals surface area contributed by atoms with Gasteiger partial charge in [-0.25, -0.2) is 0 Å². The van der Waals surface area contributed by atoms with E-state index in [1.165, 1.54) is 31.5 Å². The summed E-state index contributed by atoms with van der Waals surface area (Å²) in [6.07, 6.45) is 3.70. The zero-order chi connectivity index (χ0) is 15.7. The molecular formula is C18H33N3. The van der Waals surface area contributed by atoms with Gasteiger partial charge in [0.15, 0.2) is 0 Å². The molecule has 0 amide bonds. The molecule has 0 fully saturated rings. The van der Waals surface area contributed by atoms with Crippen LogP contribution in [-0.4, -0.2) is 28.5 Å². The summed E-state index contributed by atoms with van der Waals surface area (Å²) in [4.78, 5) is 7.37. The van der Waals surface area contributed by atoms with E-state index < -0.39 is 0 Å². The Balaban J connectivity index is 2.67. The number of hydrogen-bond donors (Lipinski definition) is 1. The maximum absolute atomic E-state index is 4.81. The molecule has 0 saturated heterocycles. The second kappa shape index (κ2) is 9.91. The molecule has 1 N–H and O–H groups in total. The van der Waals surface area contributed by atoms with Gasteiger partial charge in [-0.2, -0.15) is 0 Å². The molecule has 0 aliphatic rings. The van der Waals surface area contributed by atoms with Gasteiger partial charge in [0.1, 0.15) is 0 Å². The number of pyridine rings is 1. The summed E-state index contributed by atoms with van der Waals surface area (Å²) in [5, 5.41) is 3.43. The fourth-order valence-corrected chi connectivity index (χ4v) is 2.31. The van der Waals surface area contributed by atoms with Crippen LogP contribution >= 0.6 is 0 Å². The van der Waals surface area contributed by atoms with E-state index in [1.54, 1.807) is 0 Å². The Morgan fingerprint density at radius 3 is 2.48 bits per heavy atom. The molecule has 1 aromatic heterocycles. The van der Waals surface area contributed by atoms with E-state index >= 15 is 0 Å². The van der Waals surface area contributed by atoms with Crippen molar-refractivity contribution in [1.29, 1.82) is 0 Å². The standard InChI is InChI=1S/C18H33N3/c1-6-8-12-21(16(5)7-2)14-18-11-9-10-17(20-18)13-19-15(3)4/h9-11,15-16,19H,6-8,12-14H2,1-5H3. The smallest absolute Gasteiger partial charge is 0.0547 e. The number of nitrogens with zero attached hydrogens (tertiary/aromatic N) is 2. The van der Waals surface area contributed by atoms with E-state index in [4.69, 9.17) is 4.98 Å². The quantitative estimate of drug-likeness (QED) is 0.707. The maximum Gasteiger partial charge on any atom is 0.0547 e. The Morgan fingerprint density at radius 2 is 1.86 bits per heavy atom. The number of hydrogen-bond acceptors (Lipinski definition) is 3. The molecule has 1 atom stereocenters. The lowest BCUT2D eigenvalue weighted by molar-refractivity contribution is 0.190. The van der Waals surface area contributed by atoms with E-state index in [0.717, 1.165) is 18.8 Å². The monoisotopic (exact) mass is 291 g/mol. The van der Waals surface area contributed by atoms with Crippen molar-refractivity contribution in [2.24, 2.45) is 0 Å². The summed E-state index contributed by atoms with van der Waals surface area (Å²) in [6.45, 7) is 14.2. The minimum Gasteiger partial charge on any atom is -0.309 e. The molecule has 3 nitrogen and oxygen atoms in total. The summed E-state index contributed by atoms with van der Waals surface area (Å²) in [5.41, 5.74) is 2.33. The van der Waals surface area contributed by atoms with Crippen LogP contribution in [0.15, 0.2) is 18.2 Å². The zero-order valence-corrected chi connectivity index (χ0v) is 14.5. The molecule has 0 bridgehead atoms. The van der Waals surface area contributed by atoms with Crippen LogP contribution < -0.4 is 5.32 Å². The van der Waals surface area contributed by atoms with Gasteiger partial charge >= 0.3 is 0 Å². The maximum atomic E-state index is 4.81. The van der Waals surface area contributed by atoms with Gasteiger partial charge in [-0.15, -0.1) is 0 Å². The van der Waals surface area contributed by atoms with Crippen LogP contribution in [-0.2, 0) is 13.1 Å². The van der Waals surface area contributed by atoms with E-state index in [1.807, 2.05) is 0 Å².